The van der Waals surface area contributed by atoms with Gasteiger partial charge in [0.1, 0.15) is 0 Å². The first-order valence-corrected chi connectivity index (χ1v) is 17.8. The summed E-state index contributed by atoms with van der Waals surface area (Å²) in [5, 5.41) is 0. The molecule has 1 fully saturated rings. The van der Waals surface area contributed by atoms with Crippen LogP contribution in [0.5, 0.6) is 0 Å². The second kappa shape index (κ2) is 11.5. The monoisotopic (exact) mass is 504 g/mol. The molecule has 0 spiro atoms. The third kappa shape index (κ3) is 7.00. The number of thioether (sulfide) groups is 2. The van der Waals surface area contributed by atoms with Crippen molar-refractivity contribution in [1.29, 1.82) is 0 Å². The molecule has 1 aliphatic rings. The van der Waals surface area contributed by atoms with Crippen molar-refractivity contribution in [2.45, 2.75) is 53.0 Å². The minimum absolute atomic E-state index is 0.0327. The Morgan fingerprint density at radius 3 is 1.88 bits per heavy atom. The number of hydrogen-bond donors (Lipinski definition) is 0. The van der Waals surface area contributed by atoms with Gasteiger partial charge in [-0.05, 0) is 0 Å². The molecule has 7 heteroatoms. The van der Waals surface area contributed by atoms with Crippen molar-refractivity contribution in [2.24, 2.45) is 0 Å². The summed E-state index contributed by atoms with van der Waals surface area (Å²) in [6, 6.07) is 9.97. The molecule has 1 aliphatic heterocycles. The van der Waals surface area contributed by atoms with Gasteiger partial charge in [0.05, 0.1) is 0 Å². The SMILES string of the molecule is CCC[CH2][Sn]1([CH2]CCC)[O]C(=O)CSC(c2ccccc2)SCC(=O)[O]1. The Balaban J connectivity index is 2.14. The summed E-state index contributed by atoms with van der Waals surface area (Å²) in [6.07, 6.45) is 3.93. The van der Waals surface area contributed by atoms with E-state index in [-0.39, 0.29) is 16.5 Å². The van der Waals surface area contributed by atoms with Gasteiger partial charge in [0, 0.05) is 0 Å². The van der Waals surface area contributed by atoms with E-state index in [1.165, 1.54) is 0 Å². The van der Waals surface area contributed by atoms with Crippen molar-refractivity contribution < 1.29 is 15.7 Å². The van der Waals surface area contributed by atoms with E-state index < -0.39 is 19.2 Å². The molecule has 0 atom stereocenters. The first kappa shape index (κ1) is 22.0. The molecule has 144 valence electrons. The van der Waals surface area contributed by atoms with Crippen LogP contribution >= 0.6 is 23.5 Å². The molecule has 0 saturated carbocycles. The molecule has 1 saturated heterocycles. The van der Waals surface area contributed by atoms with E-state index in [0.29, 0.717) is 11.5 Å². The molecule has 1 aromatic rings. The molecule has 0 bridgehead atoms. The zero-order chi connectivity index (χ0) is 18.8. The van der Waals surface area contributed by atoms with E-state index >= 15 is 0 Å². The molecule has 0 amide bonds. The summed E-state index contributed by atoms with van der Waals surface area (Å²) in [6.45, 7) is 4.22. The van der Waals surface area contributed by atoms with Crippen LogP contribution in [-0.2, 0) is 15.7 Å². The van der Waals surface area contributed by atoms with Gasteiger partial charge in [0.15, 0.2) is 0 Å². The maximum atomic E-state index is 12.5. The van der Waals surface area contributed by atoms with Crippen LogP contribution in [0.1, 0.15) is 49.7 Å². The van der Waals surface area contributed by atoms with Crippen LogP contribution in [0.15, 0.2) is 30.3 Å². The molecule has 26 heavy (non-hydrogen) atoms. The molecule has 1 aromatic carbocycles. The van der Waals surface area contributed by atoms with Crippen LogP contribution in [0, 0.1) is 0 Å². The van der Waals surface area contributed by atoms with E-state index in [4.69, 9.17) is 6.15 Å². The Morgan fingerprint density at radius 1 is 0.923 bits per heavy atom. The van der Waals surface area contributed by atoms with Crippen LogP contribution in [0.3, 0.4) is 0 Å². The first-order chi connectivity index (χ1) is 12.6. The van der Waals surface area contributed by atoms with Crippen LogP contribution < -0.4 is 0 Å². The van der Waals surface area contributed by atoms with Gasteiger partial charge in [0.2, 0.25) is 0 Å². The van der Waals surface area contributed by atoms with Gasteiger partial charge >= 0.3 is 171 Å². The van der Waals surface area contributed by atoms with Gasteiger partial charge in [-0.3, -0.25) is 0 Å². The average Bonchev–Trinajstić information content (AvgIpc) is 2.65. The second-order valence-corrected chi connectivity index (χ2v) is 18.1. The van der Waals surface area contributed by atoms with Crippen molar-refractivity contribution in [3.63, 3.8) is 0 Å². The predicted octanol–water partition coefficient (Wildman–Crippen LogP) is 5.29. The number of rotatable bonds is 7. The summed E-state index contributed by atoms with van der Waals surface area (Å²) in [4.78, 5) is 25.1. The molecule has 0 aromatic heterocycles. The third-order valence-electron chi connectivity index (χ3n) is 4.20. The Morgan fingerprint density at radius 2 is 1.42 bits per heavy atom. The van der Waals surface area contributed by atoms with Crippen molar-refractivity contribution in [3.8, 4) is 0 Å². The zero-order valence-corrected chi connectivity index (χ0v) is 20.1. The van der Waals surface area contributed by atoms with E-state index in [1.807, 2.05) is 30.3 Å². The number of benzene rings is 1. The average molecular weight is 503 g/mol. The molecule has 0 unspecified atom stereocenters. The van der Waals surface area contributed by atoms with E-state index in [2.05, 4.69) is 13.8 Å². The van der Waals surface area contributed by atoms with Gasteiger partial charge in [-0.2, -0.15) is 0 Å². The van der Waals surface area contributed by atoms with Crippen LogP contribution in [0.25, 0.3) is 0 Å². The summed E-state index contributed by atoms with van der Waals surface area (Å²) >= 11 is -0.603. The molecular formula is C19H28O4S2Sn. The van der Waals surface area contributed by atoms with Gasteiger partial charge in [0.25, 0.3) is 0 Å². The van der Waals surface area contributed by atoms with Crippen molar-refractivity contribution >= 4 is 54.7 Å². The van der Waals surface area contributed by atoms with Crippen molar-refractivity contribution in [3.05, 3.63) is 35.9 Å². The van der Waals surface area contributed by atoms with E-state index in [0.717, 1.165) is 40.1 Å². The third-order valence-corrected chi connectivity index (χ3v) is 16.8. The summed E-state index contributed by atoms with van der Waals surface area (Å²) in [5.74, 6) is 0.186. The van der Waals surface area contributed by atoms with E-state index in [9.17, 15) is 9.59 Å². The number of carbonyl (C=O) groups is 2. The second-order valence-electron chi connectivity index (χ2n) is 6.43. The number of unbranched alkanes of at least 4 members (excludes halogenated alkanes) is 2. The standard InChI is InChI=1S/C11H12O4S2.2C4H9.Sn/c12-9(13)6-16-11(17-7-10(14)15)8-4-2-1-3-5-8;2*1-3-4-2;/h1-5,11H,6-7H2,(H,12,13)(H,14,15);2*1,3-4H2,2H3;/q;;;+2/p-2. The summed E-state index contributed by atoms with van der Waals surface area (Å²) in [7, 11) is 0. The van der Waals surface area contributed by atoms with Gasteiger partial charge < -0.3 is 0 Å². The Kier molecular flexibility index (Phi) is 9.70. The van der Waals surface area contributed by atoms with Gasteiger partial charge in [-0.1, -0.05) is 0 Å². The van der Waals surface area contributed by atoms with Crippen LogP contribution in [-0.4, -0.2) is 42.6 Å². The van der Waals surface area contributed by atoms with Gasteiger partial charge in [-0.25, -0.2) is 0 Å². The number of carbonyl (C=O) groups excluding carboxylic acids is 2. The minimum atomic E-state index is -3.69. The summed E-state index contributed by atoms with van der Waals surface area (Å²) < 4.78 is 13.5. The summed E-state index contributed by atoms with van der Waals surface area (Å²) in [5.41, 5.74) is 1.11. The quantitative estimate of drug-likeness (QED) is 0.472. The van der Waals surface area contributed by atoms with Crippen molar-refractivity contribution in [2.75, 3.05) is 11.5 Å². The molecule has 0 N–H and O–H groups in total. The van der Waals surface area contributed by atoms with Crippen molar-refractivity contribution in [1.82, 2.24) is 0 Å². The maximum absolute atomic E-state index is 12.5. The number of hydrogen-bond acceptors (Lipinski definition) is 6. The fourth-order valence-corrected chi connectivity index (χ4v) is 15.5. The van der Waals surface area contributed by atoms with Crippen LogP contribution in [0.2, 0.25) is 8.87 Å². The Bertz CT molecular complexity index is 550. The zero-order valence-electron chi connectivity index (χ0n) is 15.6. The fraction of sp³-hybridized carbons (Fsp3) is 0.579. The fourth-order valence-electron chi connectivity index (χ4n) is 2.85. The predicted molar refractivity (Wildman–Crippen MR) is 111 cm³/mol. The normalized spacial score (nSPS) is 18.8. The molecular weight excluding hydrogens is 475 g/mol. The van der Waals surface area contributed by atoms with E-state index in [1.54, 1.807) is 23.5 Å². The molecule has 2 rings (SSSR count). The first-order valence-electron chi connectivity index (χ1n) is 9.30. The Hall–Kier alpha value is -0.341. The topological polar surface area (TPSA) is 52.6 Å². The molecule has 0 aliphatic carbocycles. The van der Waals surface area contributed by atoms with Gasteiger partial charge in [-0.15, -0.1) is 0 Å². The Labute approximate surface area is 170 Å². The molecule has 1 heterocycles. The van der Waals surface area contributed by atoms with Crippen LogP contribution in [0.4, 0.5) is 0 Å². The molecule has 0 radical (unpaired) electrons. The molecule has 4 nitrogen and oxygen atoms in total.